The lowest BCUT2D eigenvalue weighted by atomic mass is 10.2. The Morgan fingerprint density at radius 2 is 1.04 bits per heavy atom. The smallest absolute Gasteiger partial charge is 0.305 e. The Balaban J connectivity index is 3.11. The fourth-order valence-electron chi connectivity index (χ4n) is 2.28. The lowest BCUT2D eigenvalue weighted by molar-refractivity contribution is -0.144. The molecule has 5 heteroatoms. The van der Waals surface area contributed by atoms with Crippen molar-refractivity contribution in [2.75, 3.05) is 46.2 Å². The molecule has 0 aliphatic heterocycles. The van der Waals surface area contributed by atoms with E-state index in [2.05, 4.69) is 13.8 Å². The van der Waals surface area contributed by atoms with Gasteiger partial charge in [-0.05, 0) is 19.3 Å². The second kappa shape index (κ2) is 21.4. The predicted octanol–water partition coefficient (Wildman–Crippen LogP) is 4.52. The van der Waals surface area contributed by atoms with E-state index in [9.17, 15) is 4.79 Å². The van der Waals surface area contributed by atoms with E-state index >= 15 is 0 Å². The Morgan fingerprint density at radius 1 is 0.560 bits per heavy atom. The van der Waals surface area contributed by atoms with Gasteiger partial charge in [0.1, 0.15) is 0 Å². The number of carbonyl (C=O) groups excluding carboxylic acids is 1. The van der Waals surface area contributed by atoms with Crippen molar-refractivity contribution in [3.63, 3.8) is 0 Å². The van der Waals surface area contributed by atoms with Gasteiger partial charge in [-0.2, -0.15) is 0 Å². The number of hydrogen-bond donors (Lipinski definition) is 0. The first-order valence-electron chi connectivity index (χ1n) is 10.2. The highest BCUT2D eigenvalue weighted by Crippen LogP contribution is 2.03. The molecule has 0 rings (SSSR count). The number of rotatable bonds is 20. The zero-order valence-corrected chi connectivity index (χ0v) is 16.6. The highest BCUT2D eigenvalue weighted by atomic mass is 16.5. The molecule has 0 spiro atoms. The topological polar surface area (TPSA) is 54.0 Å². The third-order valence-electron chi connectivity index (χ3n) is 3.82. The quantitative estimate of drug-likeness (QED) is 0.236. The maximum Gasteiger partial charge on any atom is 0.305 e. The van der Waals surface area contributed by atoms with Crippen molar-refractivity contribution in [2.45, 2.75) is 78.1 Å². The molecule has 0 heterocycles. The summed E-state index contributed by atoms with van der Waals surface area (Å²) < 4.78 is 21.5. The summed E-state index contributed by atoms with van der Waals surface area (Å²) in [6, 6.07) is 0. The van der Waals surface area contributed by atoms with Crippen LogP contribution in [-0.2, 0) is 23.7 Å². The minimum atomic E-state index is -0.115. The van der Waals surface area contributed by atoms with Crippen LogP contribution >= 0.6 is 0 Å². The third-order valence-corrected chi connectivity index (χ3v) is 3.82. The third kappa shape index (κ3) is 21.3. The average molecular weight is 361 g/mol. The number of esters is 1. The first-order chi connectivity index (χ1) is 12.3. The summed E-state index contributed by atoms with van der Waals surface area (Å²) in [5, 5.41) is 0. The molecule has 0 radical (unpaired) electrons. The van der Waals surface area contributed by atoms with E-state index in [1.54, 1.807) is 0 Å². The fraction of sp³-hybridized carbons (Fsp3) is 0.950. The summed E-state index contributed by atoms with van der Waals surface area (Å²) >= 11 is 0. The van der Waals surface area contributed by atoms with E-state index in [4.69, 9.17) is 18.9 Å². The first-order valence-corrected chi connectivity index (χ1v) is 10.2. The van der Waals surface area contributed by atoms with Crippen LogP contribution in [0, 0.1) is 0 Å². The average Bonchev–Trinajstić information content (AvgIpc) is 2.62. The second-order valence-corrected chi connectivity index (χ2v) is 6.28. The Kier molecular flexibility index (Phi) is 20.8. The number of ether oxygens (including phenoxy) is 4. The van der Waals surface area contributed by atoms with Gasteiger partial charge >= 0.3 is 5.97 Å². The molecule has 0 atom stereocenters. The monoisotopic (exact) mass is 360 g/mol. The zero-order chi connectivity index (χ0) is 18.4. The van der Waals surface area contributed by atoms with Crippen LogP contribution in [0.3, 0.4) is 0 Å². The maximum absolute atomic E-state index is 11.5. The molecular formula is C20H40O5. The Bertz CT molecular complexity index is 271. The highest BCUT2D eigenvalue weighted by molar-refractivity contribution is 5.69. The molecule has 0 fully saturated rings. The molecule has 0 saturated carbocycles. The van der Waals surface area contributed by atoms with Crippen LogP contribution in [0.5, 0.6) is 0 Å². The van der Waals surface area contributed by atoms with Crippen LogP contribution in [0.2, 0.25) is 0 Å². The molecule has 150 valence electrons. The van der Waals surface area contributed by atoms with Crippen molar-refractivity contribution >= 4 is 5.97 Å². The van der Waals surface area contributed by atoms with E-state index in [1.807, 2.05) is 0 Å². The van der Waals surface area contributed by atoms with E-state index in [0.717, 1.165) is 25.9 Å². The number of hydrogen-bond acceptors (Lipinski definition) is 5. The van der Waals surface area contributed by atoms with Crippen LogP contribution in [0.25, 0.3) is 0 Å². The summed E-state index contributed by atoms with van der Waals surface area (Å²) in [5.74, 6) is -0.115. The van der Waals surface area contributed by atoms with Gasteiger partial charge in [-0.1, -0.05) is 52.4 Å². The molecule has 0 unspecified atom stereocenters. The molecule has 0 bridgehead atoms. The van der Waals surface area contributed by atoms with Crippen molar-refractivity contribution in [1.29, 1.82) is 0 Å². The summed E-state index contributed by atoms with van der Waals surface area (Å²) in [7, 11) is 0. The standard InChI is InChI=1S/C20H40O5/c1-3-5-7-8-10-15-25-20(21)12-11-14-23-17-19-24-18-16-22-13-9-6-4-2/h3-19H2,1-2H3. The van der Waals surface area contributed by atoms with Crippen LogP contribution in [0.15, 0.2) is 0 Å². The van der Waals surface area contributed by atoms with E-state index in [1.165, 1.54) is 32.1 Å². The van der Waals surface area contributed by atoms with Crippen LogP contribution in [0.1, 0.15) is 78.1 Å². The highest BCUT2D eigenvalue weighted by Gasteiger charge is 2.02. The normalized spacial score (nSPS) is 11.0. The minimum Gasteiger partial charge on any atom is -0.466 e. The van der Waals surface area contributed by atoms with Gasteiger partial charge in [0.05, 0.1) is 33.0 Å². The van der Waals surface area contributed by atoms with Gasteiger partial charge in [0.2, 0.25) is 0 Å². The largest absolute Gasteiger partial charge is 0.466 e. The molecular weight excluding hydrogens is 320 g/mol. The van der Waals surface area contributed by atoms with Crippen molar-refractivity contribution in [2.24, 2.45) is 0 Å². The van der Waals surface area contributed by atoms with Crippen LogP contribution < -0.4 is 0 Å². The second-order valence-electron chi connectivity index (χ2n) is 6.28. The van der Waals surface area contributed by atoms with Gasteiger partial charge in [0.25, 0.3) is 0 Å². The van der Waals surface area contributed by atoms with Gasteiger partial charge in [0, 0.05) is 19.6 Å². The molecule has 0 aliphatic rings. The molecule has 0 N–H and O–H groups in total. The molecule has 0 amide bonds. The molecule has 25 heavy (non-hydrogen) atoms. The number of unbranched alkanes of at least 4 members (excludes halogenated alkanes) is 6. The van der Waals surface area contributed by atoms with Crippen LogP contribution in [0.4, 0.5) is 0 Å². The van der Waals surface area contributed by atoms with Crippen LogP contribution in [-0.4, -0.2) is 52.2 Å². The Hall–Kier alpha value is -0.650. The zero-order valence-electron chi connectivity index (χ0n) is 16.6. The molecule has 0 aromatic heterocycles. The summed E-state index contributed by atoms with van der Waals surface area (Å²) in [6.45, 7) is 8.71. The van der Waals surface area contributed by atoms with Gasteiger partial charge < -0.3 is 18.9 Å². The Morgan fingerprint density at radius 3 is 1.68 bits per heavy atom. The first kappa shape index (κ1) is 24.4. The van der Waals surface area contributed by atoms with E-state index < -0.39 is 0 Å². The van der Waals surface area contributed by atoms with E-state index in [0.29, 0.717) is 52.5 Å². The number of carbonyl (C=O) groups is 1. The van der Waals surface area contributed by atoms with Gasteiger partial charge in [-0.15, -0.1) is 0 Å². The molecule has 0 aromatic rings. The Labute approximate surface area is 154 Å². The lowest BCUT2D eigenvalue weighted by Gasteiger charge is -2.07. The molecule has 5 nitrogen and oxygen atoms in total. The molecule has 0 saturated heterocycles. The SMILES string of the molecule is CCCCCCCOC(=O)CCCOCCOCCOCCCCC. The van der Waals surface area contributed by atoms with Gasteiger partial charge in [0.15, 0.2) is 0 Å². The van der Waals surface area contributed by atoms with Gasteiger partial charge in [-0.3, -0.25) is 4.79 Å². The summed E-state index contributed by atoms with van der Waals surface area (Å²) in [5.41, 5.74) is 0. The van der Waals surface area contributed by atoms with E-state index in [-0.39, 0.29) is 5.97 Å². The van der Waals surface area contributed by atoms with Crippen molar-refractivity contribution < 1.29 is 23.7 Å². The van der Waals surface area contributed by atoms with Crippen molar-refractivity contribution in [3.8, 4) is 0 Å². The minimum absolute atomic E-state index is 0.115. The fourth-order valence-corrected chi connectivity index (χ4v) is 2.28. The van der Waals surface area contributed by atoms with Crippen molar-refractivity contribution in [1.82, 2.24) is 0 Å². The molecule has 0 aliphatic carbocycles. The summed E-state index contributed by atoms with van der Waals surface area (Å²) in [4.78, 5) is 11.5. The van der Waals surface area contributed by atoms with Gasteiger partial charge in [-0.25, -0.2) is 0 Å². The maximum atomic E-state index is 11.5. The lowest BCUT2D eigenvalue weighted by Crippen LogP contribution is -2.11. The van der Waals surface area contributed by atoms with Crippen molar-refractivity contribution in [3.05, 3.63) is 0 Å². The summed E-state index contributed by atoms with van der Waals surface area (Å²) in [6.07, 6.45) is 10.6. The predicted molar refractivity (Wildman–Crippen MR) is 101 cm³/mol. The molecule has 0 aromatic carbocycles.